The highest BCUT2D eigenvalue weighted by Gasteiger charge is 2.35. The van der Waals surface area contributed by atoms with Crippen molar-refractivity contribution in [2.75, 3.05) is 12.3 Å². The number of carbonyl (C=O) groups is 1. The molecule has 220 valence electrons. The molecule has 0 spiro atoms. The summed E-state index contributed by atoms with van der Waals surface area (Å²) in [6, 6.07) is 13.2. The third-order valence-electron chi connectivity index (χ3n) is 6.00. The van der Waals surface area contributed by atoms with Crippen molar-refractivity contribution in [2.24, 2.45) is 0 Å². The van der Waals surface area contributed by atoms with Crippen LogP contribution in [0.5, 0.6) is 5.75 Å². The fourth-order valence-electron chi connectivity index (χ4n) is 4.28. The van der Waals surface area contributed by atoms with Crippen molar-refractivity contribution in [3.63, 3.8) is 0 Å². The lowest BCUT2D eigenvalue weighted by molar-refractivity contribution is -0.149. The van der Waals surface area contributed by atoms with Gasteiger partial charge in [-0.25, -0.2) is 14.5 Å². The molecule has 2 aromatic carbocycles. The van der Waals surface area contributed by atoms with Gasteiger partial charge in [-0.05, 0) is 52.8 Å². The topological polar surface area (TPSA) is 140 Å². The van der Waals surface area contributed by atoms with Gasteiger partial charge in [-0.1, -0.05) is 41.9 Å². The molecule has 13 heteroatoms. The highest BCUT2D eigenvalue weighted by atomic mass is 35.5. The van der Waals surface area contributed by atoms with Crippen molar-refractivity contribution in [3.05, 3.63) is 59.4 Å². The monoisotopic (exact) mass is 603 g/mol. The molecule has 2 aromatic heterocycles. The number of ether oxygens (including phenoxy) is 2. The van der Waals surface area contributed by atoms with Crippen LogP contribution in [-0.2, 0) is 36.5 Å². The highest BCUT2D eigenvalue weighted by Crippen LogP contribution is 2.48. The molecule has 0 unspecified atom stereocenters. The van der Waals surface area contributed by atoms with E-state index in [1.54, 1.807) is 45.0 Å². The van der Waals surface area contributed by atoms with Crippen molar-refractivity contribution >= 4 is 53.1 Å². The second kappa shape index (κ2) is 13.2. The van der Waals surface area contributed by atoms with Crippen molar-refractivity contribution in [1.82, 2.24) is 19.6 Å². The van der Waals surface area contributed by atoms with Crippen LogP contribution in [0.15, 0.2) is 48.5 Å². The van der Waals surface area contributed by atoms with Gasteiger partial charge in [-0.15, -0.1) is 0 Å². The molecule has 41 heavy (non-hydrogen) atoms. The van der Waals surface area contributed by atoms with Gasteiger partial charge >= 0.3 is 13.7 Å². The van der Waals surface area contributed by atoms with Gasteiger partial charge in [-0.3, -0.25) is 9.32 Å². The van der Waals surface area contributed by atoms with Crippen molar-refractivity contribution in [1.29, 1.82) is 0 Å². The molecule has 0 aliphatic carbocycles. The molecule has 0 amide bonds. The number of hydrogen-bond donors (Lipinski definition) is 2. The largest absolute Gasteiger partial charge is 0.462 e. The van der Waals surface area contributed by atoms with Crippen molar-refractivity contribution in [3.8, 4) is 5.75 Å². The van der Waals surface area contributed by atoms with Crippen LogP contribution in [0.25, 0.3) is 21.9 Å². The summed E-state index contributed by atoms with van der Waals surface area (Å²) >= 11 is 6.29. The van der Waals surface area contributed by atoms with E-state index < -0.39 is 25.9 Å². The lowest BCUT2D eigenvalue weighted by atomic mass is 10.2. The van der Waals surface area contributed by atoms with E-state index in [1.807, 2.05) is 35.8 Å². The number of benzene rings is 2. The van der Waals surface area contributed by atoms with Gasteiger partial charge in [0.1, 0.15) is 29.7 Å². The maximum atomic E-state index is 14.2. The number of halogens is 1. The molecule has 0 saturated carbocycles. The summed E-state index contributed by atoms with van der Waals surface area (Å²) in [7, 11) is -4.19. The maximum Gasteiger partial charge on any atom is 0.459 e. The first-order valence-corrected chi connectivity index (χ1v) is 15.2. The number of rotatable bonds is 13. The Kier molecular flexibility index (Phi) is 9.88. The molecule has 2 heterocycles. The summed E-state index contributed by atoms with van der Waals surface area (Å²) in [5.74, 6) is 0.423. The molecule has 4 rings (SSSR count). The summed E-state index contributed by atoms with van der Waals surface area (Å²) in [6.45, 7) is 9.51. The van der Waals surface area contributed by atoms with Gasteiger partial charge in [0.05, 0.1) is 34.8 Å². The molecule has 3 atom stereocenters. The number of pyridine rings is 1. The molecular formula is C28H35ClN5O6P. The van der Waals surface area contributed by atoms with Crippen LogP contribution in [0.1, 0.15) is 40.4 Å². The minimum Gasteiger partial charge on any atom is -0.462 e. The second-order valence-corrected chi connectivity index (χ2v) is 11.8. The number of hydrogen-bond acceptors (Lipinski definition) is 9. The van der Waals surface area contributed by atoms with Gasteiger partial charge in [0.15, 0.2) is 5.82 Å². The van der Waals surface area contributed by atoms with Crippen LogP contribution in [0.4, 0.5) is 5.82 Å². The Morgan fingerprint density at radius 2 is 1.80 bits per heavy atom. The van der Waals surface area contributed by atoms with Crippen molar-refractivity contribution in [2.45, 2.75) is 66.0 Å². The Morgan fingerprint density at radius 3 is 2.51 bits per heavy atom. The molecule has 0 radical (unpaired) electrons. The normalized spacial score (nSPS) is 14.7. The summed E-state index contributed by atoms with van der Waals surface area (Å²) in [5, 5.41) is 3.79. The summed E-state index contributed by atoms with van der Waals surface area (Å²) in [5.41, 5.74) is 8.29. The smallest absolute Gasteiger partial charge is 0.459 e. The van der Waals surface area contributed by atoms with E-state index in [9.17, 15) is 9.36 Å². The number of carbonyl (C=O) groups excluding carboxylic acids is 1. The zero-order chi connectivity index (χ0) is 29.7. The quantitative estimate of drug-likeness (QED) is 0.141. The standard InChI is InChI=1S/C28H35ClN5O6P/c1-6-37-16-24-32-25-26(20-11-7-9-13-22(20)31-27(25)30)34(24)15-18(4)39-41(36,33-19(5)28(35)38-17(2)3)40-23-14-10-8-12-21(23)29/h7-14,17-19H,6,15-16H2,1-5H3,(H2,30,31)(H,33,36)/t18-,19+,41-/m1/s1. The zero-order valence-electron chi connectivity index (χ0n) is 23.7. The lowest BCUT2D eigenvalue weighted by Gasteiger charge is -2.26. The maximum absolute atomic E-state index is 14.2. The number of aromatic nitrogens is 3. The van der Waals surface area contributed by atoms with E-state index in [4.69, 9.17) is 40.8 Å². The molecule has 0 aliphatic heterocycles. The lowest BCUT2D eigenvalue weighted by Crippen LogP contribution is -2.37. The van der Waals surface area contributed by atoms with E-state index in [-0.39, 0.29) is 35.8 Å². The number of nitrogen functional groups attached to an aromatic ring is 1. The first-order valence-electron chi connectivity index (χ1n) is 13.3. The predicted octanol–water partition coefficient (Wildman–Crippen LogP) is 5.88. The Hall–Kier alpha value is -3.21. The molecule has 11 nitrogen and oxygen atoms in total. The second-order valence-electron chi connectivity index (χ2n) is 9.76. The first-order chi connectivity index (χ1) is 19.5. The van der Waals surface area contributed by atoms with Gasteiger partial charge in [0.2, 0.25) is 0 Å². The SMILES string of the molecule is CCOCc1nc2c(N)nc3ccccc3c2n1C[C@@H](C)O[P@](=O)(N[C@@H](C)C(=O)OC(C)C)Oc1ccccc1Cl. The molecule has 0 fully saturated rings. The summed E-state index contributed by atoms with van der Waals surface area (Å²) in [4.78, 5) is 21.8. The van der Waals surface area contributed by atoms with Gasteiger partial charge in [0, 0.05) is 12.0 Å². The van der Waals surface area contributed by atoms with Gasteiger partial charge in [-0.2, -0.15) is 5.09 Å². The number of fused-ring (bicyclic) bond motifs is 3. The van der Waals surface area contributed by atoms with Crippen LogP contribution in [0, 0.1) is 0 Å². The van der Waals surface area contributed by atoms with Crippen molar-refractivity contribution < 1.29 is 27.9 Å². The van der Waals surface area contributed by atoms with Crippen LogP contribution >= 0.6 is 19.3 Å². The summed E-state index contributed by atoms with van der Waals surface area (Å²) < 4.78 is 38.9. The van der Waals surface area contributed by atoms with Crippen LogP contribution in [0.2, 0.25) is 5.02 Å². The number of nitrogens with one attached hydrogen (secondary N) is 1. The van der Waals surface area contributed by atoms with E-state index in [0.29, 0.717) is 23.5 Å². The average molecular weight is 604 g/mol. The summed E-state index contributed by atoms with van der Waals surface area (Å²) in [6.07, 6.45) is -1.07. The zero-order valence-corrected chi connectivity index (χ0v) is 25.3. The predicted molar refractivity (Wildman–Crippen MR) is 159 cm³/mol. The Morgan fingerprint density at radius 1 is 1.10 bits per heavy atom. The molecule has 0 saturated heterocycles. The fourth-order valence-corrected chi connectivity index (χ4v) is 6.21. The Bertz CT molecular complexity index is 1580. The molecule has 3 N–H and O–H groups in total. The number of imidazole rings is 1. The average Bonchev–Trinajstić information content (AvgIpc) is 3.27. The molecular weight excluding hydrogens is 569 g/mol. The van der Waals surface area contributed by atoms with Crippen LogP contribution in [0.3, 0.4) is 0 Å². The van der Waals surface area contributed by atoms with E-state index in [0.717, 1.165) is 10.9 Å². The van der Waals surface area contributed by atoms with Crippen LogP contribution < -0.4 is 15.3 Å². The number of para-hydroxylation sites is 2. The number of nitrogens with two attached hydrogens (primary N) is 1. The Balaban J connectivity index is 1.70. The number of esters is 1. The number of anilines is 1. The van der Waals surface area contributed by atoms with Crippen LogP contribution in [-0.4, -0.2) is 45.4 Å². The minimum absolute atomic E-state index is 0.136. The van der Waals surface area contributed by atoms with E-state index in [1.165, 1.54) is 6.92 Å². The highest BCUT2D eigenvalue weighted by molar-refractivity contribution is 7.52. The Labute approximate surface area is 243 Å². The molecule has 0 bridgehead atoms. The van der Waals surface area contributed by atoms with Gasteiger partial charge in [0.25, 0.3) is 0 Å². The third kappa shape index (κ3) is 7.36. The first kappa shape index (κ1) is 30.7. The van der Waals surface area contributed by atoms with Gasteiger partial charge < -0.3 is 24.3 Å². The third-order valence-corrected chi connectivity index (χ3v) is 8.09. The molecule has 0 aliphatic rings. The minimum atomic E-state index is -4.19. The number of nitrogens with zero attached hydrogens (tertiary/aromatic N) is 3. The van der Waals surface area contributed by atoms with E-state index in [2.05, 4.69) is 10.1 Å². The van der Waals surface area contributed by atoms with E-state index >= 15 is 0 Å². The fraction of sp³-hybridized carbons (Fsp3) is 0.393. The molecule has 4 aromatic rings.